The molecule has 3 N–H and O–H groups in total. The Labute approximate surface area is 102 Å². The second-order valence-corrected chi connectivity index (χ2v) is 4.24. The van der Waals surface area contributed by atoms with Crippen LogP contribution in [0.5, 0.6) is 0 Å². The standard InChI is InChI=1S/C14H19N3/c1-2-3-4-9-16-13-8-7-12(15)11-6-5-10-17-14(11)13/h5-8,10,16H,2-4,9,15H2,1H3. The molecule has 0 aliphatic rings. The van der Waals surface area contributed by atoms with Crippen LogP contribution in [-0.2, 0) is 0 Å². The highest BCUT2D eigenvalue weighted by Gasteiger charge is 2.03. The molecule has 1 aromatic carbocycles. The summed E-state index contributed by atoms with van der Waals surface area (Å²) in [4.78, 5) is 4.40. The molecule has 3 nitrogen and oxygen atoms in total. The highest BCUT2D eigenvalue weighted by atomic mass is 14.9. The molecular weight excluding hydrogens is 210 g/mol. The molecule has 0 unspecified atom stereocenters. The monoisotopic (exact) mass is 229 g/mol. The summed E-state index contributed by atoms with van der Waals surface area (Å²) >= 11 is 0. The first-order chi connectivity index (χ1) is 8.33. The third kappa shape index (κ3) is 2.67. The number of aromatic nitrogens is 1. The topological polar surface area (TPSA) is 50.9 Å². The van der Waals surface area contributed by atoms with Crippen LogP contribution in [0.1, 0.15) is 26.2 Å². The number of benzene rings is 1. The van der Waals surface area contributed by atoms with Crippen LogP contribution in [0.3, 0.4) is 0 Å². The summed E-state index contributed by atoms with van der Waals surface area (Å²) in [6.45, 7) is 3.20. The molecule has 0 saturated carbocycles. The van der Waals surface area contributed by atoms with Crippen molar-refractivity contribution >= 4 is 22.3 Å². The van der Waals surface area contributed by atoms with Crippen LogP contribution in [0.25, 0.3) is 10.9 Å². The maximum atomic E-state index is 5.93. The molecule has 3 heteroatoms. The van der Waals surface area contributed by atoms with Crippen LogP contribution >= 0.6 is 0 Å². The number of anilines is 2. The third-order valence-electron chi connectivity index (χ3n) is 2.90. The van der Waals surface area contributed by atoms with Crippen molar-refractivity contribution in [3.63, 3.8) is 0 Å². The fourth-order valence-corrected chi connectivity index (χ4v) is 1.94. The van der Waals surface area contributed by atoms with Gasteiger partial charge in [-0.25, -0.2) is 0 Å². The number of hydrogen-bond acceptors (Lipinski definition) is 3. The van der Waals surface area contributed by atoms with E-state index >= 15 is 0 Å². The smallest absolute Gasteiger partial charge is 0.0953 e. The lowest BCUT2D eigenvalue weighted by molar-refractivity contribution is 0.744. The van der Waals surface area contributed by atoms with Crippen molar-refractivity contribution in [3.05, 3.63) is 30.5 Å². The van der Waals surface area contributed by atoms with E-state index in [-0.39, 0.29) is 0 Å². The van der Waals surface area contributed by atoms with E-state index in [1.165, 1.54) is 19.3 Å². The first-order valence-electron chi connectivity index (χ1n) is 6.20. The molecule has 2 rings (SSSR count). The van der Waals surface area contributed by atoms with Crippen molar-refractivity contribution in [3.8, 4) is 0 Å². The summed E-state index contributed by atoms with van der Waals surface area (Å²) < 4.78 is 0. The summed E-state index contributed by atoms with van der Waals surface area (Å²) in [5.74, 6) is 0. The summed E-state index contributed by atoms with van der Waals surface area (Å²) in [5.41, 5.74) is 8.76. The van der Waals surface area contributed by atoms with Crippen molar-refractivity contribution in [1.29, 1.82) is 0 Å². The minimum atomic E-state index is 0.784. The van der Waals surface area contributed by atoms with Gasteiger partial charge in [0.1, 0.15) is 0 Å². The molecule has 0 aliphatic carbocycles. The van der Waals surface area contributed by atoms with E-state index in [9.17, 15) is 0 Å². The van der Waals surface area contributed by atoms with E-state index in [0.717, 1.165) is 28.8 Å². The Morgan fingerprint density at radius 1 is 1.24 bits per heavy atom. The second-order valence-electron chi connectivity index (χ2n) is 4.24. The summed E-state index contributed by atoms with van der Waals surface area (Å²) in [6, 6.07) is 7.87. The molecule has 0 saturated heterocycles. The Morgan fingerprint density at radius 2 is 2.12 bits per heavy atom. The van der Waals surface area contributed by atoms with Crippen LogP contribution in [0.4, 0.5) is 11.4 Å². The van der Waals surface area contributed by atoms with Gasteiger partial charge in [-0.15, -0.1) is 0 Å². The zero-order chi connectivity index (χ0) is 12.1. The first-order valence-corrected chi connectivity index (χ1v) is 6.20. The summed E-state index contributed by atoms with van der Waals surface area (Å²) in [5, 5.41) is 4.45. The molecule has 0 aliphatic heterocycles. The SMILES string of the molecule is CCCCCNc1ccc(N)c2cccnc12. The molecule has 2 aromatic rings. The van der Waals surface area contributed by atoms with Crippen LogP contribution in [0.15, 0.2) is 30.5 Å². The number of hydrogen-bond donors (Lipinski definition) is 2. The second kappa shape index (κ2) is 5.53. The third-order valence-corrected chi connectivity index (χ3v) is 2.90. The molecule has 0 spiro atoms. The molecule has 17 heavy (non-hydrogen) atoms. The molecule has 90 valence electrons. The lowest BCUT2D eigenvalue weighted by Gasteiger charge is -2.10. The van der Waals surface area contributed by atoms with Gasteiger partial charge in [0.15, 0.2) is 0 Å². The van der Waals surface area contributed by atoms with Gasteiger partial charge in [-0.1, -0.05) is 19.8 Å². The number of nitrogens with zero attached hydrogens (tertiary/aromatic N) is 1. The number of nitrogens with two attached hydrogens (primary N) is 1. The molecule has 0 atom stereocenters. The maximum absolute atomic E-state index is 5.93. The molecule has 0 bridgehead atoms. The Bertz CT molecular complexity index is 494. The average Bonchev–Trinajstić information content (AvgIpc) is 2.37. The molecule has 1 heterocycles. The van der Waals surface area contributed by atoms with Gasteiger partial charge in [0.2, 0.25) is 0 Å². The Kier molecular flexibility index (Phi) is 3.81. The van der Waals surface area contributed by atoms with Gasteiger partial charge in [-0.3, -0.25) is 4.98 Å². The van der Waals surface area contributed by atoms with Crippen LogP contribution in [-0.4, -0.2) is 11.5 Å². The Morgan fingerprint density at radius 3 is 2.94 bits per heavy atom. The van der Waals surface area contributed by atoms with E-state index < -0.39 is 0 Å². The van der Waals surface area contributed by atoms with Crippen molar-refractivity contribution < 1.29 is 0 Å². The highest BCUT2D eigenvalue weighted by Crippen LogP contribution is 2.26. The zero-order valence-corrected chi connectivity index (χ0v) is 10.2. The first kappa shape index (κ1) is 11.7. The number of pyridine rings is 1. The van der Waals surface area contributed by atoms with E-state index in [1.807, 2.05) is 24.3 Å². The number of nitrogen functional groups attached to an aromatic ring is 1. The number of rotatable bonds is 5. The van der Waals surface area contributed by atoms with Crippen molar-refractivity contribution in [1.82, 2.24) is 4.98 Å². The lowest BCUT2D eigenvalue weighted by atomic mass is 10.1. The van der Waals surface area contributed by atoms with Crippen LogP contribution < -0.4 is 11.1 Å². The van der Waals surface area contributed by atoms with Crippen molar-refractivity contribution in [2.24, 2.45) is 0 Å². The van der Waals surface area contributed by atoms with E-state index in [4.69, 9.17) is 5.73 Å². The largest absolute Gasteiger partial charge is 0.398 e. The quantitative estimate of drug-likeness (QED) is 0.610. The Hall–Kier alpha value is -1.77. The molecule has 0 amide bonds. The average molecular weight is 229 g/mol. The number of fused-ring (bicyclic) bond motifs is 1. The maximum Gasteiger partial charge on any atom is 0.0953 e. The van der Waals surface area contributed by atoms with Gasteiger partial charge >= 0.3 is 0 Å². The predicted molar refractivity (Wildman–Crippen MR) is 74.2 cm³/mol. The molecular formula is C14H19N3. The minimum Gasteiger partial charge on any atom is -0.398 e. The van der Waals surface area contributed by atoms with Crippen molar-refractivity contribution in [2.75, 3.05) is 17.6 Å². The lowest BCUT2D eigenvalue weighted by Crippen LogP contribution is -2.03. The summed E-state index contributed by atoms with van der Waals surface area (Å²) in [6.07, 6.45) is 5.49. The molecule has 0 fully saturated rings. The number of nitrogens with one attached hydrogen (secondary N) is 1. The molecule has 0 radical (unpaired) electrons. The van der Waals surface area contributed by atoms with E-state index in [2.05, 4.69) is 17.2 Å². The van der Waals surface area contributed by atoms with Gasteiger partial charge < -0.3 is 11.1 Å². The van der Waals surface area contributed by atoms with E-state index in [1.54, 1.807) is 6.20 Å². The fraction of sp³-hybridized carbons (Fsp3) is 0.357. The van der Waals surface area contributed by atoms with Crippen LogP contribution in [0, 0.1) is 0 Å². The van der Waals surface area contributed by atoms with Gasteiger partial charge in [0.05, 0.1) is 11.2 Å². The normalized spacial score (nSPS) is 10.6. The highest BCUT2D eigenvalue weighted by molar-refractivity contribution is 5.98. The molecule has 1 aromatic heterocycles. The number of unbranched alkanes of at least 4 members (excludes halogenated alkanes) is 2. The van der Waals surface area contributed by atoms with Gasteiger partial charge in [-0.05, 0) is 30.7 Å². The zero-order valence-electron chi connectivity index (χ0n) is 10.2. The summed E-state index contributed by atoms with van der Waals surface area (Å²) in [7, 11) is 0. The minimum absolute atomic E-state index is 0.784. The van der Waals surface area contributed by atoms with Gasteiger partial charge in [-0.2, -0.15) is 0 Å². The fourth-order valence-electron chi connectivity index (χ4n) is 1.94. The van der Waals surface area contributed by atoms with Crippen molar-refractivity contribution in [2.45, 2.75) is 26.2 Å². The van der Waals surface area contributed by atoms with Crippen LogP contribution in [0.2, 0.25) is 0 Å². The van der Waals surface area contributed by atoms with E-state index in [0.29, 0.717) is 0 Å². The predicted octanol–water partition coefficient (Wildman–Crippen LogP) is 3.42. The van der Waals surface area contributed by atoms with Gasteiger partial charge in [0, 0.05) is 23.8 Å². The Balaban J connectivity index is 2.20. The van der Waals surface area contributed by atoms with Gasteiger partial charge in [0.25, 0.3) is 0 Å².